The lowest BCUT2D eigenvalue weighted by Crippen LogP contribution is -2.60. The van der Waals surface area contributed by atoms with Gasteiger partial charge in [0.2, 0.25) is 0 Å². The van der Waals surface area contributed by atoms with Gasteiger partial charge >= 0.3 is 27.9 Å². The molecule has 0 aliphatic heterocycles. The van der Waals surface area contributed by atoms with Crippen molar-refractivity contribution in [1.29, 1.82) is 0 Å². The summed E-state index contributed by atoms with van der Waals surface area (Å²) in [6.07, 6.45) is 0. The Bertz CT molecular complexity index is 721. The molecule has 0 saturated heterocycles. The molecule has 0 saturated carbocycles. The van der Waals surface area contributed by atoms with Gasteiger partial charge in [0.25, 0.3) is 0 Å². The Balaban J connectivity index is 4.57. The van der Waals surface area contributed by atoms with E-state index in [1.54, 1.807) is 0 Å². The lowest BCUT2D eigenvalue weighted by molar-refractivity contribution is -0.560. The van der Waals surface area contributed by atoms with Crippen LogP contribution in [0.2, 0.25) is 0 Å². The summed E-state index contributed by atoms with van der Waals surface area (Å²) in [5.41, 5.74) is 0. The molecular formula is C22H52N8P2+2. The highest BCUT2D eigenvalue weighted by Crippen LogP contribution is 2.37. The van der Waals surface area contributed by atoms with Crippen molar-refractivity contribution in [2.75, 3.05) is 65.7 Å². The number of hydrogen-bond acceptors (Lipinski definition) is 6. The zero-order valence-corrected chi connectivity index (χ0v) is 25.6. The number of hydrogen-bond donors (Lipinski definition) is 0. The quantitative estimate of drug-likeness (QED) is 0.501. The largest absolute Gasteiger partial charge is 0.506 e. The Morgan fingerprint density at radius 1 is 0.438 bits per heavy atom. The summed E-state index contributed by atoms with van der Waals surface area (Å²) >= 11 is 0. The molecule has 32 heavy (non-hydrogen) atoms. The first-order chi connectivity index (χ1) is 14.6. The second-order valence-corrected chi connectivity index (χ2v) is 14.7. The Morgan fingerprint density at radius 3 is 0.750 bits per heavy atom. The number of nitrogens with zero attached hydrogens (tertiary/aromatic N) is 8. The van der Waals surface area contributed by atoms with E-state index in [0.29, 0.717) is 24.2 Å². The first-order valence-corrected chi connectivity index (χ1v) is 14.2. The van der Waals surface area contributed by atoms with E-state index in [-0.39, 0.29) is 0 Å². The molecule has 0 radical (unpaired) electrons. The van der Waals surface area contributed by atoms with Crippen LogP contribution in [-0.2, 0) is 0 Å². The highest BCUT2D eigenvalue weighted by Gasteiger charge is 2.46. The van der Waals surface area contributed by atoms with E-state index >= 15 is 0 Å². The van der Waals surface area contributed by atoms with Crippen molar-refractivity contribution in [1.82, 2.24) is 19.6 Å². The average molecular weight is 491 g/mol. The highest BCUT2D eigenvalue weighted by molar-refractivity contribution is 7.52. The van der Waals surface area contributed by atoms with Gasteiger partial charge in [-0.15, -0.1) is 0 Å². The fourth-order valence-electron chi connectivity index (χ4n) is 4.52. The van der Waals surface area contributed by atoms with Gasteiger partial charge < -0.3 is 9.80 Å². The minimum Gasteiger partial charge on any atom is -0.326 e. The third-order valence-electron chi connectivity index (χ3n) is 5.16. The molecule has 0 aromatic carbocycles. The molecule has 0 atom stereocenters. The van der Waals surface area contributed by atoms with Gasteiger partial charge in [-0.1, -0.05) is 3.77 Å². The number of rotatable bonds is 10. The Kier molecular flexibility index (Phi) is 10.4. The summed E-state index contributed by atoms with van der Waals surface area (Å²) in [5, 5.41) is 0. The molecule has 10 heteroatoms. The summed E-state index contributed by atoms with van der Waals surface area (Å²) in [7, 11) is 15.9. The van der Waals surface area contributed by atoms with Crippen LogP contribution < -0.4 is 16.9 Å². The van der Waals surface area contributed by atoms with Crippen LogP contribution in [0.4, 0.5) is 0 Å². The Labute approximate surface area is 200 Å². The molecule has 0 bridgehead atoms. The van der Waals surface area contributed by atoms with Crippen molar-refractivity contribution in [3.63, 3.8) is 0 Å². The van der Waals surface area contributed by atoms with E-state index in [4.69, 9.17) is 0 Å². The molecule has 188 valence electrons. The minimum absolute atomic E-state index is 0.436. The van der Waals surface area contributed by atoms with Gasteiger partial charge in [-0.05, 0) is 59.2 Å². The van der Waals surface area contributed by atoms with Gasteiger partial charge in [-0.2, -0.15) is 9.34 Å². The third kappa shape index (κ3) is 5.75. The maximum Gasteiger partial charge on any atom is 0.506 e. The van der Waals surface area contributed by atoms with Crippen molar-refractivity contribution in [3.8, 4) is 0 Å². The van der Waals surface area contributed by atoms with Gasteiger partial charge in [0.15, 0.2) is 0 Å². The fourth-order valence-corrected chi connectivity index (χ4v) is 12.0. The van der Waals surface area contributed by atoms with Crippen LogP contribution in [0.1, 0.15) is 55.4 Å². The summed E-state index contributed by atoms with van der Waals surface area (Å²) in [4.78, 5) is 9.13. The molecule has 0 aliphatic rings. The molecule has 0 aliphatic carbocycles. The second-order valence-electron chi connectivity index (χ2n) is 10.4. The molecule has 1 aromatic heterocycles. The van der Waals surface area contributed by atoms with E-state index in [1.807, 2.05) is 0 Å². The van der Waals surface area contributed by atoms with Crippen LogP contribution in [0.15, 0.2) is 0 Å². The van der Waals surface area contributed by atoms with E-state index in [1.165, 1.54) is 11.9 Å². The molecule has 0 N–H and O–H groups in total. The zero-order valence-electron chi connectivity index (χ0n) is 23.8. The van der Waals surface area contributed by atoms with E-state index in [2.05, 4.69) is 148 Å². The number of aromatic nitrogens is 2. The lowest BCUT2D eigenvalue weighted by Gasteiger charge is -2.33. The van der Waals surface area contributed by atoms with Gasteiger partial charge in [-0.3, -0.25) is 0 Å². The third-order valence-corrected chi connectivity index (χ3v) is 11.8. The first kappa shape index (κ1) is 29.1. The molecule has 1 aromatic rings. The van der Waals surface area contributed by atoms with Crippen molar-refractivity contribution >= 4 is 16.0 Å². The highest BCUT2D eigenvalue weighted by atomic mass is 31.2. The van der Waals surface area contributed by atoms with E-state index in [9.17, 15) is 0 Å². The maximum absolute atomic E-state index is 2.73. The van der Waals surface area contributed by atoms with Crippen molar-refractivity contribution in [2.45, 2.75) is 79.6 Å². The second kappa shape index (κ2) is 11.5. The molecule has 8 nitrogen and oxygen atoms in total. The molecule has 0 unspecified atom stereocenters. The summed E-state index contributed by atoms with van der Waals surface area (Å²) in [6.45, 7) is 18.7. The van der Waals surface area contributed by atoms with E-state index in [0.717, 1.165) is 0 Å². The molecule has 0 spiro atoms. The molecular weight excluding hydrogens is 438 g/mol. The van der Waals surface area contributed by atoms with Gasteiger partial charge in [-0.25, -0.2) is 9.80 Å². The maximum atomic E-state index is 2.73. The topological polar surface area (TPSA) is 31.2 Å². The van der Waals surface area contributed by atoms with Crippen LogP contribution in [0.25, 0.3) is 0 Å². The monoisotopic (exact) mass is 490 g/mol. The predicted molar refractivity (Wildman–Crippen MR) is 141 cm³/mol. The van der Waals surface area contributed by atoms with Crippen LogP contribution in [0.5, 0.6) is 0 Å². The van der Waals surface area contributed by atoms with Gasteiger partial charge in [0.05, 0.1) is 28.2 Å². The summed E-state index contributed by atoms with van der Waals surface area (Å²) < 4.78 is 10.9. The standard InChI is InChI=1S/C22H52N8P2/c1-17(2)27(18(3)4)31-29(21(23(9)10)24(11)12)32(28(19(5)6)20(7)8)30(31)22(25(13)14)26(15)16/h17-20H,1-16H3/q+2. The van der Waals surface area contributed by atoms with Crippen LogP contribution in [0, 0.1) is 11.9 Å². The smallest absolute Gasteiger partial charge is 0.326 e. The lowest BCUT2D eigenvalue weighted by atomic mass is 10.3. The van der Waals surface area contributed by atoms with Gasteiger partial charge in [0.1, 0.15) is 0 Å². The predicted octanol–water partition coefficient (Wildman–Crippen LogP) is 2.58. The van der Waals surface area contributed by atoms with Gasteiger partial charge in [0, 0.05) is 52.4 Å². The van der Waals surface area contributed by atoms with Crippen molar-refractivity contribution in [2.24, 2.45) is 0 Å². The average Bonchev–Trinajstić information content (AvgIpc) is 2.58. The first-order valence-electron chi connectivity index (χ1n) is 11.8. The molecule has 0 fully saturated rings. The Morgan fingerprint density at radius 2 is 0.625 bits per heavy atom. The minimum atomic E-state index is -0.750. The van der Waals surface area contributed by atoms with E-state index < -0.39 is 16.0 Å². The fraction of sp³-hybridized carbons (Fsp3) is 0.909. The van der Waals surface area contributed by atoms with Crippen LogP contribution >= 0.6 is 16.0 Å². The van der Waals surface area contributed by atoms with Crippen LogP contribution in [-0.4, -0.2) is 100 Å². The van der Waals surface area contributed by atoms with Crippen molar-refractivity contribution in [3.05, 3.63) is 11.9 Å². The van der Waals surface area contributed by atoms with Crippen LogP contribution in [0.3, 0.4) is 0 Å². The SMILES string of the molecule is CC(C)N(C(C)C)p1[n+](=C(N(C)C)N(C)C)p(N(C(C)C)C(C)C)[n+]1=C(N(C)C)N(C)C. The normalized spacial score (nSPS) is 13.3. The molecule has 0 amide bonds. The zero-order chi connectivity index (χ0) is 25.2. The molecule has 1 heterocycles. The molecule has 1 rings (SSSR count). The Hall–Kier alpha value is -0.940. The summed E-state index contributed by atoms with van der Waals surface area (Å²) in [5.74, 6) is 2.54. The summed E-state index contributed by atoms with van der Waals surface area (Å²) in [6, 6.07) is 1.74. The van der Waals surface area contributed by atoms with Crippen molar-refractivity contribution < 1.29 is 7.54 Å².